The van der Waals surface area contributed by atoms with Crippen LogP contribution in [-0.2, 0) is 7.05 Å². The Morgan fingerprint density at radius 1 is 1.37 bits per heavy atom. The lowest BCUT2D eigenvalue weighted by Crippen LogP contribution is -2.48. The predicted molar refractivity (Wildman–Crippen MR) is 126 cm³/mol. The van der Waals surface area contributed by atoms with Gasteiger partial charge in [0.2, 0.25) is 5.82 Å². The Morgan fingerprint density at radius 2 is 2.14 bits per heavy atom. The van der Waals surface area contributed by atoms with E-state index in [2.05, 4.69) is 30.7 Å². The number of aliphatic hydroxyl groups is 1. The van der Waals surface area contributed by atoms with E-state index in [1.165, 1.54) is 15.7 Å². The van der Waals surface area contributed by atoms with Crippen LogP contribution in [0.2, 0.25) is 5.02 Å². The summed E-state index contributed by atoms with van der Waals surface area (Å²) in [5.41, 5.74) is 4.72. The van der Waals surface area contributed by atoms with Crippen molar-refractivity contribution >= 4 is 34.1 Å². The number of fused-ring (bicyclic) bond motifs is 1. The van der Waals surface area contributed by atoms with Crippen molar-refractivity contribution in [3.63, 3.8) is 0 Å². The Morgan fingerprint density at radius 3 is 2.83 bits per heavy atom. The number of anilines is 2. The molecule has 1 aliphatic carbocycles. The van der Waals surface area contributed by atoms with E-state index in [0.717, 1.165) is 0 Å². The van der Waals surface area contributed by atoms with E-state index >= 15 is 0 Å². The third kappa shape index (κ3) is 3.96. The molecule has 0 saturated heterocycles. The lowest BCUT2D eigenvalue weighted by Gasteiger charge is -2.42. The fraction of sp³-hybridized carbons (Fsp3) is 0.381. The molecule has 0 bridgehead atoms. The molecule has 1 atom stereocenters. The van der Waals surface area contributed by atoms with Crippen molar-refractivity contribution in [1.29, 1.82) is 0 Å². The number of rotatable bonds is 6. The van der Waals surface area contributed by atoms with E-state index < -0.39 is 24.4 Å². The van der Waals surface area contributed by atoms with E-state index in [1.807, 2.05) is 0 Å². The number of tetrazole rings is 1. The molecule has 12 nitrogen and oxygen atoms in total. The van der Waals surface area contributed by atoms with Gasteiger partial charge < -0.3 is 16.2 Å². The minimum Gasteiger partial charge on any atom is -0.393 e. The maximum atomic E-state index is 14.6. The van der Waals surface area contributed by atoms with Crippen molar-refractivity contribution in [2.24, 2.45) is 7.05 Å². The molecule has 1 aliphatic rings. The minimum atomic E-state index is -1.74. The summed E-state index contributed by atoms with van der Waals surface area (Å²) in [4.78, 5) is 27.9. The molecule has 3 aromatic heterocycles. The molecule has 4 aromatic rings. The third-order valence-corrected chi connectivity index (χ3v) is 6.42. The van der Waals surface area contributed by atoms with Gasteiger partial charge in [-0.3, -0.25) is 9.36 Å². The van der Waals surface area contributed by atoms with Crippen molar-refractivity contribution in [3.8, 4) is 11.4 Å². The second-order valence-corrected chi connectivity index (χ2v) is 9.01. The molecule has 1 saturated carbocycles. The van der Waals surface area contributed by atoms with Gasteiger partial charge in [-0.2, -0.15) is 4.80 Å². The van der Waals surface area contributed by atoms with Crippen molar-refractivity contribution < 1.29 is 9.50 Å². The van der Waals surface area contributed by atoms with Crippen molar-refractivity contribution in [2.75, 3.05) is 17.7 Å². The highest BCUT2D eigenvalue weighted by molar-refractivity contribution is 6.35. The molecule has 0 aliphatic heterocycles. The lowest BCUT2D eigenvalue weighted by atomic mass is 9.77. The molecular weight excluding hydrogens is 479 g/mol. The molecule has 0 amide bonds. The molecule has 0 unspecified atom stereocenters. The Bertz CT molecular complexity index is 1480. The third-order valence-electron chi connectivity index (χ3n) is 6.11. The fourth-order valence-corrected chi connectivity index (χ4v) is 4.61. The molecule has 4 N–H and O–H groups in total. The van der Waals surface area contributed by atoms with E-state index in [4.69, 9.17) is 22.3 Å². The number of nitrogen functional groups attached to an aromatic ring is 1. The molecule has 0 radical (unpaired) electrons. The van der Waals surface area contributed by atoms with Crippen LogP contribution in [0.5, 0.6) is 0 Å². The van der Waals surface area contributed by atoms with Gasteiger partial charge in [-0.05, 0) is 24.3 Å². The summed E-state index contributed by atoms with van der Waals surface area (Å²) in [6.07, 6.45) is 1.25. The van der Waals surface area contributed by atoms with Crippen LogP contribution < -0.4 is 16.6 Å². The summed E-state index contributed by atoms with van der Waals surface area (Å²) in [5, 5.41) is 25.1. The van der Waals surface area contributed by atoms with Gasteiger partial charge in [-0.15, -0.1) is 10.2 Å². The average Bonchev–Trinajstić information content (AvgIpc) is 3.22. The number of halogens is 2. The first-order valence-electron chi connectivity index (χ1n) is 10.8. The first-order valence-corrected chi connectivity index (χ1v) is 11.2. The number of hydrogen-bond donors (Lipinski definition) is 3. The lowest BCUT2D eigenvalue weighted by molar-refractivity contribution is -0.0353. The number of nitrogens with one attached hydrogen (secondary N) is 1. The molecule has 3 heterocycles. The summed E-state index contributed by atoms with van der Waals surface area (Å²) in [6, 6.07) is 3.92. The van der Waals surface area contributed by atoms with Crippen LogP contribution in [0.15, 0.2) is 29.3 Å². The van der Waals surface area contributed by atoms with Gasteiger partial charge in [0.05, 0.1) is 35.6 Å². The molecule has 1 fully saturated rings. The SMILES string of the molecule is C[C@H](Nc1ncnc(N)c1-c1nnn(C)n1)c1nc2cccc(Cl)c2c(=O)n1C1CC(F)(CO)C1. The highest BCUT2D eigenvalue weighted by atomic mass is 35.5. The molecule has 182 valence electrons. The average molecular weight is 501 g/mol. The van der Waals surface area contributed by atoms with E-state index in [1.54, 1.807) is 32.2 Å². The zero-order chi connectivity index (χ0) is 24.9. The largest absolute Gasteiger partial charge is 0.393 e. The van der Waals surface area contributed by atoms with Crippen molar-refractivity contribution in [1.82, 2.24) is 39.7 Å². The zero-order valence-corrected chi connectivity index (χ0v) is 19.6. The van der Waals surface area contributed by atoms with Crippen LogP contribution in [0, 0.1) is 0 Å². The van der Waals surface area contributed by atoms with Crippen LogP contribution in [0.25, 0.3) is 22.3 Å². The highest BCUT2D eigenvalue weighted by Gasteiger charge is 2.46. The maximum Gasteiger partial charge on any atom is 0.263 e. The number of aromatic nitrogens is 8. The van der Waals surface area contributed by atoms with Crippen LogP contribution in [0.3, 0.4) is 0 Å². The van der Waals surface area contributed by atoms with Crippen molar-refractivity contribution in [3.05, 3.63) is 45.7 Å². The number of aliphatic hydroxyl groups excluding tert-OH is 1. The Kier molecular flexibility index (Phi) is 5.60. The Balaban J connectivity index is 1.61. The summed E-state index contributed by atoms with van der Waals surface area (Å²) in [7, 11) is 1.62. The highest BCUT2D eigenvalue weighted by Crippen LogP contribution is 2.44. The molecule has 14 heteroatoms. The van der Waals surface area contributed by atoms with Gasteiger partial charge in [-0.1, -0.05) is 17.7 Å². The number of nitrogens with two attached hydrogens (primary N) is 1. The summed E-state index contributed by atoms with van der Waals surface area (Å²) < 4.78 is 16.0. The molecule has 35 heavy (non-hydrogen) atoms. The summed E-state index contributed by atoms with van der Waals surface area (Å²) >= 11 is 6.32. The van der Waals surface area contributed by atoms with Gasteiger partial charge in [-0.25, -0.2) is 19.3 Å². The van der Waals surface area contributed by atoms with E-state index in [0.29, 0.717) is 22.7 Å². The second kappa shape index (κ2) is 8.50. The van der Waals surface area contributed by atoms with E-state index in [-0.39, 0.29) is 40.5 Å². The Hall–Kier alpha value is -3.71. The number of hydrogen-bond acceptors (Lipinski definition) is 10. The van der Waals surface area contributed by atoms with Gasteiger partial charge in [0.15, 0.2) is 0 Å². The first kappa shape index (κ1) is 23.1. The normalized spacial score (nSPS) is 20.5. The molecule has 0 spiro atoms. The maximum absolute atomic E-state index is 14.6. The Labute approximate surface area is 203 Å². The summed E-state index contributed by atoms with van der Waals surface area (Å²) in [5.74, 6) is 1.03. The quantitative estimate of drug-likeness (QED) is 0.356. The van der Waals surface area contributed by atoms with Gasteiger partial charge >= 0.3 is 0 Å². The number of alkyl halides is 1. The summed E-state index contributed by atoms with van der Waals surface area (Å²) in [6.45, 7) is 1.17. The van der Waals surface area contributed by atoms with Crippen LogP contribution >= 0.6 is 11.6 Å². The van der Waals surface area contributed by atoms with E-state index in [9.17, 15) is 14.3 Å². The molecule has 1 aromatic carbocycles. The first-order chi connectivity index (χ1) is 16.7. The standard InChI is InChI=1S/C21H22ClFN10O2/c1-10(27-17-15(16(24)25-9-26-17)18-29-31-32(2)30-18)19-28-13-5-3-4-12(22)14(13)20(35)33(19)11-6-21(23,7-11)8-34/h3-5,9-11,34H,6-8H2,1-2H3,(H3,24,25,26,27)/t10-,11?,21?/m0/s1. The smallest absolute Gasteiger partial charge is 0.263 e. The topological polar surface area (TPSA) is 163 Å². The van der Waals surface area contributed by atoms with Gasteiger partial charge in [0.25, 0.3) is 5.56 Å². The number of benzene rings is 1. The van der Waals surface area contributed by atoms with Gasteiger partial charge in [0.1, 0.15) is 35.0 Å². The minimum absolute atomic E-state index is 0.0179. The van der Waals surface area contributed by atoms with Crippen molar-refractivity contribution in [2.45, 2.75) is 37.5 Å². The zero-order valence-electron chi connectivity index (χ0n) is 18.9. The predicted octanol–water partition coefficient (Wildman–Crippen LogP) is 1.82. The number of nitrogens with zero attached hydrogens (tertiary/aromatic N) is 8. The number of aryl methyl sites for hydroxylation is 1. The molecule has 5 rings (SSSR count). The fourth-order valence-electron chi connectivity index (χ4n) is 4.36. The van der Waals surface area contributed by atoms with Crippen LogP contribution in [-0.4, -0.2) is 57.1 Å². The molecular formula is C21H22ClFN10O2. The van der Waals surface area contributed by atoms with Crippen LogP contribution in [0.4, 0.5) is 16.0 Å². The van der Waals surface area contributed by atoms with Gasteiger partial charge in [0, 0.05) is 18.9 Å². The second-order valence-electron chi connectivity index (χ2n) is 8.60. The monoisotopic (exact) mass is 500 g/mol. The van der Waals surface area contributed by atoms with Crippen LogP contribution in [0.1, 0.15) is 37.7 Å².